The second-order valence-corrected chi connectivity index (χ2v) is 16.7. The summed E-state index contributed by atoms with van der Waals surface area (Å²) in [6, 6.07) is 27.3. The molecule has 0 aliphatic rings. The minimum absolute atomic E-state index is 0.0852. The number of nitrogens with one attached hydrogen (secondary N) is 1. The highest BCUT2D eigenvalue weighted by molar-refractivity contribution is 7.09. The maximum absolute atomic E-state index is 13.1. The Morgan fingerprint density at radius 3 is 1.97 bits per heavy atom. The van der Waals surface area contributed by atoms with Gasteiger partial charge in [-0.15, -0.1) is 0 Å². The molecule has 67 heavy (non-hydrogen) atoms. The van der Waals surface area contributed by atoms with Crippen LogP contribution in [-0.2, 0) is 48.2 Å². The molecule has 1 atom stereocenters. The summed E-state index contributed by atoms with van der Waals surface area (Å²) in [7, 11) is 1.50. The number of carboxylic acids is 2. The highest BCUT2D eigenvalue weighted by Gasteiger charge is 2.21. The zero-order valence-corrected chi connectivity index (χ0v) is 37.3. The number of hydrogen-bond donors (Lipinski definition) is 5. The monoisotopic (exact) mass is 956 g/mol. The smallest absolute Gasteiger partial charge is 0.313 e. The molecule has 2 heterocycles. The van der Waals surface area contributed by atoms with Gasteiger partial charge >= 0.3 is 33.6 Å². The number of benzene rings is 4. The Balaban J connectivity index is 1.08. The molecule has 0 spiro atoms. The summed E-state index contributed by atoms with van der Waals surface area (Å²) in [5, 5.41) is 39.0. The molecular weight excluding hydrogens is 913 g/mol. The largest absolute Gasteiger partial charge is 0.497 e. The quantitative estimate of drug-likeness (QED) is 0.0314. The maximum atomic E-state index is 13.1. The van der Waals surface area contributed by atoms with Crippen molar-refractivity contribution in [2.24, 2.45) is 0 Å². The number of carbonyl (C=O) groups is 4. The zero-order chi connectivity index (χ0) is 47.9. The van der Waals surface area contributed by atoms with Gasteiger partial charge in [0.25, 0.3) is 0 Å². The van der Waals surface area contributed by atoms with E-state index in [4.69, 9.17) is 38.6 Å². The fourth-order valence-electron chi connectivity index (χ4n) is 6.24. The molecule has 4 aromatic carbocycles. The Morgan fingerprint density at radius 1 is 0.701 bits per heavy atom. The van der Waals surface area contributed by atoms with E-state index in [2.05, 4.69) is 4.98 Å². The molecule has 0 bridgehead atoms. The van der Waals surface area contributed by atoms with Crippen LogP contribution in [0.15, 0.2) is 113 Å². The SMILES string of the molecule is COc1cccc(C(COc2ccc(Cc3sc(=O)n(COc4cccc(C(=COC(=O)CCC(=O)O)COc5ccc(Cc6sc(=O)[nH]c6O)cc5)c4)c3O)cc2)OC(=O)CCC(=O)O)c1. The molecule has 6 rings (SSSR count). The summed E-state index contributed by atoms with van der Waals surface area (Å²) in [5.74, 6) is -2.52. The maximum Gasteiger partial charge on any atom is 0.313 e. The molecule has 0 saturated carbocycles. The van der Waals surface area contributed by atoms with Gasteiger partial charge < -0.3 is 48.8 Å². The Bertz CT molecular complexity index is 2820. The summed E-state index contributed by atoms with van der Waals surface area (Å²) in [5.41, 5.74) is 3.01. The van der Waals surface area contributed by atoms with Crippen molar-refractivity contribution in [1.29, 1.82) is 0 Å². The topological polar surface area (TPSA) is 259 Å². The first-order valence-corrected chi connectivity index (χ1v) is 22.0. The number of esters is 2. The summed E-state index contributed by atoms with van der Waals surface area (Å²) >= 11 is 1.76. The van der Waals surface area contributed by atoms with Crippen LogP contribution in [-0.4, -0.2) is 74.2 Å². The summed E-state index contributed by atoms with van der Waals surface area (Å²) < 4.78 is 35.1. The van der Waals surface area contributed by atoms with Gasteiger partial charge in [0.05, 0.1) is 42.5 Å². The second-order valence-electron chi connectivity index (χ2n) is 14.5. The van der Waals surface area contributed by atoms with E-state index >= 15 is 0 Å². The van der Waals surface area contributed by atoms with Crippen LogP contribution in [0.1, 0.15) is 63.8 Å². The minimum atomic E-state index is -1.16. The first-order valence-electron chi connectivity index (χ1n) is 20.4. The standard InChI is InChI=1S/C47H44N2O16S2/c1-60-35-6-3-5-31(23-35)37(65-43(55)19-17-41(52)53)26-62-34-14-10-29(11-15-34)21-39-45(57)49(47(59)67-39)27-64-36-7-2-4-30(22-36)32(25-63-42(54)18-16-40(50)51)24-61-33-12-8-28(9-13-33)20-38-44(56)48-46(58)66-38/h2-15,22-23,25,37,56-57H,16-21,24,26-27H2,1H3,(H,48,58)(H,50,51)(H,52,53). The highest BCUT2D eigenvalue weighted by Crippen LogP contribution is 2.29. The van der Waals surface area contributed by atoms with Crippen molar-refractivity contribution < 1.29 is 68.0 Å². The van der Waals surface area contributed by atoms with Crippen molar-refractivity contribution in [2.45, 2.75) is 51.4 Å². The van der Waals surface area contributed by atoms with E-state index < -0.39 is 41.3 Å². The summed E-state index contributed by atoms with van der Waals surface area (Å²) in [6.07, 6.45) is -0.651. The molecule has 6 aromatic rings. The molecule has 18 nitrogen and oxygen atoms in total. The molecular formula is C47H44N2O16S2. The van der Waals surface area contributed by atoms with Gasteiger partial charge in [-0.25, -0.2) is 4.57 Å². The van der Waals surface area contributed by atoms with E-state index in [0.717, 1.165) is 44.6 Å². The molecule has 0 aliphatic carbocycles. The van der Waals surface area contributed by atoms with Crippen molar-refractivity contribution >= 4 is 52.1 Å². The predicted molar refractivity (Wildman–Crippen MR) is 243 cm³/mol. The third kappa shape index (κ3) is 14.6. The predicted octanol–water partition coefficient (Wildman–Crippen LogP) is 6.65. The van der Waals surface area contributed by atoms with Gasteiger partial charge in [-0.2, -0.15) is 0 Å². The van der Waals surface area contributed by atoms with Crippen LogP contribution in [0.2, 0.25) is 0 Å². The number of aromatic hydroxyl groups is 2. The van der Waals surface area contributed by atoms with Crippen LogP contribution >= 0.6 is 22.7 Å². The van der Waals surface area contributed by atoms with Crippen LogP contribution in [0.3, 0.4) is 0 Å². The van der Waals surface area contributed by atoms with Crippen molar-refractivity contribution in [3.63, 3.8) is 0 Å². The molecule has 20 heteroatoms. The van der Waals surface area contributed by atoms with Crippen LogP contribution in [0.25, 0.3) is 5.57 Å². The number of hydrogen-bond acceptors (Lipinski definition) is 16. The number of aromatic nitrogens is 2. The molecule has 2 aromatic heterocycles. The van der Waals surface area contributed by atoms with Crippen molar-refractivity contribution in [3.05, 3.63) is 155 Å². The lowest BCUT2D eigenvalue weighted by molar-refractivity contribution is -0.153. The first-order chi connectivity index (χ1) is 32.2. The minimum Gasteiger partial charge on any atom is -0.497 e. The number of ether oxygens (including phenoxy) is 6. The van der Waals surface area contributed by atoms with Gasteiger partial charge in [-0.1, -0.05) is 71.2 Å². The van der Waals surface area contributed by atoms with E-state index in [-0.39, 0.29) is 62.3 Å². The number of H-pyrrole nitrogens is 1. The van der Waals surface area contributed by atoms with Gasteiger partial charge in [0.2, 0.25) is 11.8 Å². The second kappa shape index (κ2) is 23.4. The number of aromatic amines is 1. The molecule has 0 saturated heterocycles. The van der Waals surface area contributed by atoms with Crippen molar-refractivity contribution in [2.75, 3.05) is 20.3 Å². The molecule has 350 valence electrons. The lowest BCUT2D eigenvalue weighted by Crippen LogP contribution is -2.19. The molecule has 0 aliphatic heterocycles. The van der Waals surface area contributed by atoms with Gasteiger partial charge in [-0.05, 0) is 70.8 Å². The number of carbonyl (C=O) groups excluding carboxylic acids is 2. The van der Waals surface area contributed by atoms with E-state index in [1.54, 1.807) is 97.1 Å². The van der Waals surface area contributed by atoms with Gasteiger partial charge in [-0.3, -0.25) is 33.8 Å². The van der Waals surface area contributed by atoms with Gasteiger partial charge in [0, 0.05) is 18.4 Å². The fraction of sp³-hybridized carbons (Fsp3) is 0.234. The Labute approximate surface area is 389 Å². The third-order valence-corrected chi connectivity index (χ3v) is 11.6. The molecule has 1 unspecified atom stereocenters. The lowest BCUT2D eigenvalue weighted by atomic mass is 10.1. The Kier molecular flexibility index (Phi) is 17.0. The number of thiazole rings is 2. The van der Waals surface area contributed by atoms with Gasteiger partial charge in [0.1, 0.15) is 42.5 Å². The normalized spacial score (nSPS) is 11.6. The van der Waals surface area contributed by atoms with E-state index in [1.807, 2.05) is 0 Å². The number of carboxylic acid groups (broad SMARTS) is 2. The molecule has 0 fully saturated rings. The fourth-order valence-corrected chi connectivity index (χ4v) is 7.89. The van der Waals surface area contributed by atoms with E-state index in [9.17, 15) is 39.0 Å². The van der Waals surface area contributed by atoms with Crippen LogP contribution in [0.4, 0.5) is 0 Å². The number of aliphatic carboxylic acids is 2. The zero-order valence-electron chi connectivity index (χ0n) is 35.7. The Hall–Kier alpha value is -7.84. The summed E-state index contributed by atoms with van der Waals surface area (Å²) in [6.45, 7) is -0.541. The molecule has 0 amide bonds. The molecule has 0 radical (unpaired) electrons. The van der Waals surface area contributed by atoms with Gasteiger partial charge in [0.15, 0.2) is 12.8 Å². The highest BCUT2D eigenvalue weighted by atomic mass is 32.1. The van der Waals surface area contributed by atoms with Crippen molar-refractivity contribution in [1.82, 2.24) is 9.55 Å². The third-order valence-electron chi connectivity index (χ3n) is 9.73. The lowest BCUT2D eigenvalue weighted by Gasteiger charge is -2.19. The Morgan fingerprint density at radius 2 is 1.33 bits per heavy atom. The van der Waals surface area contributed by atoms with Crippen LogP contribution in [0.5, 0.6) is 34.8 Å². The van der Waals surface area contributed by atoms with Crippen LogP contribution in [0, 0.1) is 0 Å². The van der Waals surface area contributed by atoms with E-state index in [1.165, 1.54) is 7.11 Å². The average Bonchev–Trinajstić information content (AvgIpc) is 3.78. The average molecular weight is 957 g/mol. The first kappa shape index (κ1) is 48.6. The number of methoxy groups -OCH3 is 1. The number of nitrogens with zero attached hydrogens (tertiary/aromatic N) is 1. The van der Waals surface area contributed by atoms with Crippen molar-refractivity contribution in [3.8, 4) is 34.8 Å². The van der Waals surface area contributed by atoms with Crippen LogP contribution < -0.4 is 28.7 Å². The summed E-state index contributed by atoms with van der Waals surface area (Å²) in [4.78, 5) is 73.7. The van der Waals surface area contributed by atoms with E-state index in [0.29, 0.717) is 55.9 Å². The number of rotatable bonds is 24. The molecule has 5 N–H and O–H groups in total.